The third-order valence-corrected chi connectivity index (χ3v) is 3.26. The zero-order valence-corrected chi connectivity index (χ0v) is 12.1. The van der Waals surface area contributed by atoms with Crippen LogP contribution in [-0.2, 0) is 9.53 Å². The van der Waals surface area contributed by atoms with Crippen LogP contribution in [0.3, 0.4) is 0 Å². The standard InChI is InChI=1S/C14H20N2O4/c1-5-8(2)12(14(19)20-4)16-13(18)10-7-15-9(3)6-11(10)17/h6-8,12H,5H2,1-4H3,(H,15,17)(H,16,18). The first kappa shape index (κ1) is 15.9. The van der Waals surface area contributed by atoms with Crippen molar-refractivity contribution in [2.75, 3.05) is 7.11 Å². The van der Waals surface area contributed by atoms with Crippen molar-refractivity contribution in [1.82, 2.24) is 10.3 Å². The molecule has 0 aliphatic heterocycles. The molecule has 2 unspecified atom stereocenters. The van der Waals surface area contributed by atoms with Crippen molar-refractivity contribution in [1.29, 1.82) is 0 Å². The van der Waals surface area contributed by atoms with E-state index in [1.165, 1.54) is 19.4 Å². The molecule has 110 valence electrons. The number of carbonyl (C=O) groups excluding carboxylic acids is 2. The maximum absolute atomic E-state index is 12.1. The van der Waals surface area contributed by atoms with Gasteiger partial charge in [0.15, 0.2) is 5.43 Å². The summed E-state index contributed by atoms with van der Waals surface area (Å²) in [5.41, 5.74) is 0.261. The van der Waals surface area contributed by atoms with Crippen LogP contribution in [0.15, 0.2) is 17.1 Å². The lowest BCUT2D eigenvalue weighted by Crippen LogP contribution is -2.46. The molecule has 0 aromatic carbocycles. The molecular formula is C14H20N2O4. The van der Waals surface area contributed by atoms with Gasteiger partial charge >= 0.3 is 5.97 Å². The van der Waals surface area contributed by atoms with Crippen LogP contribution in [0.5, 0.6) is 0 Å². The molecule has 20 heavy (non-hydrogen) atoms. The molecule has 1 rings (SSSR count). The van der Waals surface area contributed by atoms with E-state index >= 15 is 0 Å². The lowest BCUT2D eigenvalue weighted by molar-refractivity contribution is -0.144. The molecule has 2 N–H and O–H groups in total. The van der Waals surface area contributed by atoms with Gasteiger partial charge in [0.25, 0.3) is 5.91 Å². The van der Waals surface area contributed by atoms with Gasteiger partial charge in [-0.15, -0.1) is 0 Å². The van der Waals surface area contributed by atoms with Gasteiger partial charge in [0, 0.05) is 18.0 Å². The average Bonchev–Trinajstić information content (AvgIpc) is 2.42. The molecule has 0 aliphatic carbocycles. The van der Waals surface area contributed by atoms with Crippen LogP contribution in [0.2, 0.25) is 0 Å². The fraction of sp³-hybridized carbons (Fsp3) is 0.500. The summed E-state index contributed by atoms with van der Waals surface area (Å²) in [6.45, 7) is 5.46. The summed E-state index contributed by atoms with van der Waals surface area (Å²) < 4.78 is 4.68. The van der Waals surface area contributed by atoms with E-state index in [1.807, 2.05) is 13.8 Å². The Morgan fingerprint density at radius 2 is 2.10 bits per heavy atom. The molecule has 1 aromatic heterocycles. The zero-order valence-electron chi connectivity index (χ0n) is 12.1. The van der Waals surface area contributed by atoms with Gasteiger partial charge in [-0.3, -0.25) is 9.59 Å². The summed E-state index contributed by atoms with van der Waals surface area (Å²) in [6, 6.07) is 0.573. The number of carbonyl (C=O) groups is 2. The summed E-state index contributed by atoms with van der Waals surface area (Å²) in [7, 11) is 1.27. The highest BCUT2D eigenvalue weighted by Crippen LogP contribution is 2.10. The second-order valence-electron chi connectivity index (χ2n) is 4.75. The van der Waals surface area contributed by atoms with Crippen LogP contribution >= 0.6 is 0 Å². The van der Waals surface area contributed by atoms with Gasteiger partial charge in [-0.25, -0.2) is 4.79 Å². The topological polar surface area (TPSA) is 88.3 Å². The van der Waals surface area contributed by atoms with Crippen LogP contribution in [0, 0.1) is 12.8 Å². The number of hydrogen-bond donors (Lipinski definition) is 2. The van der Waals surface area contributed by atoms with E-state index in [0.717, 1.165) is 0 Å². The van der Waals surface area contributed by atoms with Gasteiger partial charge in [0.05, 0.1) is 7.11 Å². The Hall–Kier alpha value is -2.11. The largest absolute Gasteiger partial charge is 0.467 e. The van der Waals surface area contributed by atoms with Crippen molar-refractivity contribution in [2.45, 2.75) is 33.2 Å². The molecule has 1 heterocycles. The Bertz CT molecular complexity index is 550. The molecule has 0 saturated carbocycles. The number of pyridine rings is 1. The minimum Gasteiger partial charge on any atom is -0.467 e. The van der Waals surface area contributed by atoms with E-state index in [2.05, 4.69) is 15.0 Å². The molecule has 0 saturated heterocycles. The lowest BCUT2D eigenvalue weighted by Gasteiger charge is -2.21. The number of H-pyrrole nitrogens is 1. The Kier molecular flexibility index (Phi) is 5.49. The van der Waals surface area contributed by atoms with Crippen LogP contribution in [0.25, 0.3) is 0 Å². The molecule has 0 fully saturated rings. The Balaban J connectivity index is 2.96. The fourth-order valence-corrected chi connectivity index (χ4v) is 1.77. The highest BCUT2D eigenvalue weighted by atomic mass is 16.5. The maximum atomic E-state index is 12.1. The highest BCUT2D eigenvalue weighted by molar-refractivity contribution is 5.96. The quantitative estimate of drug-likeness (QED) is 0.788. The molecule has 6 nitrogen and oxygen atoms in total. The highest BCUT2D eigenvalue weighted by Gasteiger charge is 2.27. The molecule has 0 aliphatic rings. The number of ether oxygens (including phenoxy) is 1. The number of esters is 1. The number of aromatic nitrogens is 1. The van der Waals surface area contributed by atoms with E-state index in [1.54, 1.807) is 6.92 Å². The summed E-state index contributed by atoms with van der Waals surface area (Å²) in [4.78, 5) is 38.3. The summed E-state index contributed by atoms with van der Waals surface area (Å²) in [6.07, 6.45) is 2.04. The monoisotopic (exact) mass is 280 g/mol. The van der Waals surface area contributed by atoms with Gasteiger partial charge < -0.3 is 15.0 Å². The number of aryl methyl sites for hydroxylation is 1. The third kappa shape index (κ3) is 3.69. The summed E-state index contributed by atoms with van der Waals surface area (Å²) in [5.74, 6) is -1.19. The fourth-order valence-electron chi connectivity index (χ4n) is 1.77. The van der Waals surface area contributed by atoms with Crippen LogP contribution < -0.4 is 10.7 Å². The van der Waals surface area contributed by atoms with Gasteiger partial charge in [0.2, 0.25) is 0 Å². The predicted molar refractivity (Wildman–Crippen MR) is 74.5 cm³/mol. The molecule has 0 spiro atoms. The second-order valence-corrected chi connectivity index (χ2v) is 4.75. The molecule has 2 atom stereocenters. The van der Waals surface area contributed by atoms with Crippen molar-refractivity contribution in [3.8, 4) is 0 Å². The SMILES string of the molecule is CCC(C)C(NC(=O)c1c[nH]c(C)cc1=O)C(=O)OC. The number of nitrogens with one attached hydrogen (secondary N) is 2. The normalized spacial score (nSPS) is 13.4. The van der Waals surface area contributed by atoms with Crippen molar-refractivity contribution >= 4 is 11.9 Å². The minimum atomic E-state index is -0.766. The van der Waals surface area contributed by atoms with Gasteiger partial charge in [-0.05, 0) is 12.8 Å². The summed E-state index contributed by atoms with van der Waals surface area (Å²) in [5, 5.41) is 2.56. The van der Waals surface area contributed by atoms with Crippen molar-refractivity contribution in [2.24, 2.45) is 5.92 Å². The molecule has 0 radical (unpaired) electrons. The van der Waals surface area contributed by atoms with Crippen molar-refractivity contribution in [3.63, 3.8) is 0 Å². The first-order valence-corrected chi connectivity index (χ1v) is 6.48. The number of hydrogen-bond acceptors (Lipinski definition) is 4. The second kappa shape index (κ2) is 6.88. The average molecular weight is 280 g/mol. The van der Waals surface area contributed by atoms with E-state index in [0.29, 0.717) is 12.1 Å². The third-order valence-electron chi connectivity index (χ3n) is 3.26. The van der Waals surface area contributed by atoms with Crippen LogP contribution in [0.4, 0.5) is 0 Å². The molecule has 1 aromatic rings. The number of rotatable bonds is 5. The minimum absolute atomic E-state index is 0.0205. The summed E-state index contributed by atoms with van der Waals surface area (Å²) >= 11 is 0. The Labute approximate surface area is 117 Å². The van der Waals surface area contributed by atoms with Crippen LogP contribution in [-0.4, -0.2) is 30.0 Å². The molecule has 0 bridgehead atoms. The lowest BCUT2D eigenvalue weighted by atomic mass is 9.99. The van der Waals surface area contributed by atoms with Crippen molar-refractivity contribution < 1.29 is 14.3 Å². The van der Waals surface area contributed by atoms with E-state index in [4.69, 9.17) is 0 Å². The van der Waals surface area contributed by atoms with Crippen molar-refractivity contribution in [3.05, 3.63) is 33.7 Å². The zero-order chi connectivity index (χ0) is 15.3. The first-order chi connectivity index (χ1) is 9.40. The number of methoxy groups -OCH3 is 1. The number of amides is 1. The Morgan fingerprint density at radius 3 is 2.60 bits per heavy atom. The van der Waals surface area contributed by atoms with E-state index in [9.17, 15) is 14.4 Å². The first-order valence-electron chi connectivity index (χ1n) is 6.48. The van der Waals surface area contributed by atoms with Gasteiger partial charge in [-0.1, -0.05) is 20.3 Å². The Morgan fingerprint density at radius 1 is 1.45 bits per heavy atom. The number of aromatic amines is 1. The predicted octanol–water partition coefficient (Wildman–Crippen LogP) is 1.00. The molecular weight excluding hydrogens is 260 g/mol. The van der Waals surface area contributed by atoms with Gasteiger partial charge in [-0.2, -0.15) is 0 Å². The van der Waals surface area contributed by atoms with Gasteiger partial charge in [0.1, 0.15) is 11.6 Å². The maximum Gasteiger partial charge on any atom is 0.328 e. The smallest absolute Gasteiger partial charge is 0.328 e. The van der Waals surface area contributed by atoms with E-state index in [-0.39, 0.29) is 16.9 Å². The van der Waals surface area contributed by atoms with Crippen LogP contribution in [0.1, 0.15) is 36.3 Å². The molecule has 1 amide bonds. The van der Waals surface area contributed by atoms with E-state index < -0.39 is 17.9 Å². The molecule has 6 heteroatoms.